The zero-order chi connectivity index (χ0) is 20.6. The van der Waals surface area contributed by atoms with Crippen LogP contribution in [0.1, 0.15) is 46.0 Å². The molecule has 0 saturated carbocycles. The van der Waals surface area contributed by atoms with E-state index >= 15 is 0 Å². The third-order valence-electron chi connectivity index (χ3n) is 6.65. The molecular weight excluding hydrogens is 360 g/mol. The molecule has 0 aliphatic carbocycles. The molecule has 0 N–H and O–H groups in total. The van der Waals surface area contributed by atoms with E-state index in [-0.39, 0.29) is 5.70 Å². The maximum Gasteiger partial charge on any atom is 0.300 e. The van der Waals surface area contributed by atoms with Crippen LogP contribution in [0, 0.1) is 29.7 Å². The van der Waals surface area contributed by atoms with Gasteiger partial charge in [-0.3, -0.25) is 0 Å². The van der Waals surface area contributed by atoms with Crippen molar-refractivity contribution in [3.05, 3.63) is 22.9 Å². The second-order valence-electron chi connectivity index (χ2n) is 9.33. The fraction of sp³-hybridized carbons (Fsp3) is 0.826. The van der Waals surface area contributed by atoms with Crippen LogP contribution in [0.2, 0.25) is 0 Å². The van der Waals surface area contributed by atoms with Gasteiger partial charge in [0.25, 0.3) is 0 Å². The summed E-state index contributed by atoms with van der Waals surface area (Å²) in [6.07, 6.45) is 6.45. The van der Waals surface area contributed by atoms with Crippen LogP contribution >= 0.6 is 0 Å². The lowest BCUT2D eigenvalue weighted by Gasteiger charge is -2.36. The number of nitriles is 1. The topological polar surface area (TPSA) is 41.1 Å². The van der Waals surface area contributed by atoms with Crippen molar-refractivity contribution >= 4 is 0 Å². The van der Waals surface area contributed by atoms with Crippen molar-refractivity contribution in [3.63, 3.8) is 0 Å². The van der Waals surface area contributed by atoms with Crippen molar-refractivity contribution in [2.45, 2.75) is 46.0 Å². The van der Waals surface area contributed by atoms with Crippen LogP contribution in [0.3, 0.4) is 0 Å². The van der Waals surface area contributed by atoms with E-state index in [1.165, 1.54) is 51.9 Å². The van der Waals surface area contributed by atoms with Crippen molar-refractivity contribution in [1.82, 2.24) is 19.6 Å². The van der Waals surface area contributed by atoms with Crippen LogP contribution in [0.5, 0.6) is 0 Å². The molecule has 3 aliphatic rings. The molecule has 6 heteroatoms. The predicted molar refractivity (Wildman–Crippen MR) is 117 cm³/mol. The van der Waals surface area contributed by atoms with Crippen LogP contribution in [0.4, 0.5) is 0 Å². The fourth-order valence-electron chi connectivity index (χ4n) is 5.42. The molecule has 0 aromatic heterocycles. The van der Waals surface area contributed by atoms with E-state index in [0.717, 1.165) is 63.3 Å². The van der Waals surface area contributed by atoms with E-state index in [4.69, 9.17) is 6.57 Å². The van der Waals surface area contributed by atoms with Crippen LogP contribution in [-0.2, 0) is 0 Å². The van der Waals surface area contributed by atoms with Crippen LogP contribution in [-0.4, -0.2) is 85.0 Å². The number of nitrogens with zero attached hydrogens (tertiary/aromatic N) is 6. The Morgan fingerprint density at radius 2 is 1.59 bits per heavy atom. The third-order valence-corrected chi connectivity index (χ3v) is 6.65. The molecule has 3 heterocycles. The molecular formula is C23H38N6. The number of piperidine rings is 2. The van der Waals surface area contributed by atoms with Gasteiger partial charge in [-0.1, -0.05) is 20.3 Å². The van der Waals surface area contributed by atoms with Crippen molar-refractivity contribution < 1.29 is 0 Å². The van der Waals surface area contributed by atoms with Crippen LogP contribution < -0.4 is 0 Å². The third kappa shape index (κ3) is 6.11. The van der Waals surface area contributed by atoms with E-state index in [0.29, 0.717) is 0 Å². The van der Waals surface area contributed by atoms with Crippen molar-refractivity contribution in [3.8, 4) is 6.07 Å². The van der Waals surface area contributed by atoms with Gasteiger partial charge in [0.05, 0.1) is 12.6 Å². The van der Waals surface area contributed by atoms with Gasteiger partial charge < -0.3 is 19.6 Å². The highest BCUT2D eigenvalue weighted by Crippen LogP contribution is 2.25. The average Bonchev–Trinajstić information content (AvgIpc) is 3.10. The summed E-state index contributed by atoms with van der Waals surface area (Å²) >= 11 is 0. The molecule has 0 aromatic rings. The summed E-state index contributed by atoms with van der Waals surface area (Å²) in [5.74, 6) is 2.41. The zero-order valence-electron chi connectivity index (χ0n) is 18.4. The lowest BCUT2D eigenvalue weighted by atomic mass is 9.92. The van der Waals surface area contributed by atoms with Gasteiger partial charge in [-0.05, 0) is 57.2 Å². The van der Waals surface area contributed by atoms with Gasteiger partial charge in [-0.2, -0.15) is 0 Å². The first kappa shape index (κ1) is 21.9. The first-order chi connectivity index (χ1) is 14.1. The van der Waals surface area contributed by atoms with E-state index in [1.54, 1.807) is 0 Å². The van der Waals surface area contributed by atoms with E-state index in [2.05, 4.69) is 44.4 Å². The first-order valence-corrected chi connectivity index (χ1v) is 11.6. The Hall–Kier alpha value is -1.76. The number of hydrogen-bond acceptors (Lipinski definition) is 5. The molecule has 29 heavy (non-hydrogen) atoms. The van der Waals surface area contributed by atoms with Crippen molar-refractivity contribution in [2.75, 3.05) is 65.4 Å². The Labute approximate surface area is 177 Å². The number of rotatable bonds is 7. The average molecular weight is 399 g/mol. The molecule has 2 unspecified atom stereocenters. The van der Waals surface area contributed by atoms with Gasteiger partial charge in [0.1, 0.15) is 5.82 Å². The fourth-order valence-corrected chi connectivity index (χ4v) is 5.42. The molecule has 0 bridgehead atoms. The number of allylic oxidation sites excluding steroid dienone is 1. The Bertz CT molecular complexity index is 613. The van der Waals surface area contributed by atoms with Gasteiger partial charge >= 0.3 is 5.70 Å². The minimum atomic E-state index is 0.265. The Kier molecular flexibility index (Phi) is 8.21. The summed E-state index contributed by atoms with van der Waals surface area (Å²) in [5, 5.41) is 9.54. The lowest BCUT2D eigenvalue weighted by molar-refractivity contribution is 0.130. The minimum absolute atomic E-state index is 0.265. The summed E-state index contributed by atoms with van der Waals surface area (Å²) in [6.45, 7) is 22.9. The van der Waals surface area contributed by atoms with Crippen LogP contribution in [0.15, 0.2) is 11.5 Å². The van der Waals surface area contributed by atoms with Crippen molar-refractivity contribution in [2.24, 2.45) is 11.8 Å². The van der Waals surface area contributed by atoms with Crippen LogP contribution in [0.25, 0.3) is 4.85 Å². The summed E-state index contributed by atoms with van der Waals surface area (Å²) in [7, 11) is 0. The quantitative estimate of drug-likeness (QED) is 0.487. The molecule has 160 valence electrons. The smallest absolute Gasteiger partial charge is 0.300 e. The summed E-state index contributed by atoms with van der Waals surface area (Å²) in [4.78, 5) is 13.3. The molecule has 0 amide bonds. The summed E-state index contributed by atoms with van der Waals surface area (Å²) < 4.78 is 0. The largest absolute Gasteiger partial charge is 0.365 e. The lowest BCUT2D eigenvalue weighted by Crippen LogP contribution is -2.42. The molecule has 3 rings (SSSR count). The Balaban J connectivity index is 1.55. The number of hydrogen-bond donors (Lipinski definition) is 0. The highest BCUT2D eigenvalue weighted by molar-refractivity contribution is 5.33. The number of likely N-dealkylation sites (tertiary alicyclic amines) is 2. The van der Waals surface area contributed by atoms with Gasteiger partial charge in [0.15, 0.2) is 0 Å². The minimum Gasteiger partial charge on any atom is -0.365 e. The van der Waals surface area contributed by atoms with E-state index < -0.39 is 0 Å². The molecule has 3 aliphatic heterocycles. The summed E-state index contributed by atoms with van der Waals surface area (Å²) in [5.41, 5.74) is 0.265. The summed E-state index contributed by atoms with van der Waals surface area (Å²) in [6, 6.07) is 2.16. The van der Waals surface area contributed by atoms with Gasteiger partial charge in [0.2, 0.25) is 0 Å². The molecule has 3 fully saturated rings. The molecule has 0 radical (unpaired) electrons. The highest BCUT2D eigenvalue weighted by Gasteiger charge is 2.29. The van der Waals surface area contributed by atoms with E-state index in [1.807, 2.05) is 0 Å². The second-order valence-corrected chi connectivity index (χ2v) is 9.33. The van der Waals surface area contributed by atoms with Gasteiger partial charge in [-0.15, -0.1) is 0 Å². The standard InChI is InChI=1S/C23H38N6/c1-20-16-21(2)19-27(18-20)12-13-29-15-14-28(23(29)22(17-24)25-3)11-7-10-26-8-5-4-6-9-26/h20-21H,4-16,18-19H2,1-2H3/b23-22+. The molecule has 3 saturated heterocycles. The highest BCUT2D eigenvalue weighted by atomic mass is 15.4. The molecule has 0 aromatic carbocycles. The Morgan fingerprint density at radius 1 is 0.931 bits per heavy atom. The van der Waals surface area contributed by atoms with Gasteiger partial charge in [-0.25, -0.2) is 10.1 Å². The zero-order valence-corrected chi connectivity index (χ0v) is 18.4. The SMILES string of the molecule is [C-]#[N+]/C(C#N)=C1\N(CCCN2CCCCC2)CCN1CCN1CC(C)CC(C)C1. The second kappa shape index (κ2) is 10.9. The maximum absolute atomic E-state index is 9.54. The van der Waals surface area contributed by atoms with Crippen molar-refractivity contribution in [1.29, 1.82) is 5.26 Å². The molecule has 6 nitrogen and oxygen atoms in total. The van der Waals surface area contributed by atoms with Gasteiger partial charge in [0, 0.05) is 45.8 Å². The predicted octanol–water partition coefficient (Wildman–Crippen LogP) is 3.07. The first-order valence-electron chi connectivity index (χ1n) is 11.6. The monoisotopic (exact) mass is 398 g/mol. The Morgan fingerprint density at radius 3 is 2.21 bits per heavy atom. The van der Waals surface area contributed by atoms with E-state index in [9.17, 15) is 5.26 Å². The normalized spacial score (nSPS) is 28.3. The molecule has 0 spiro atoms. The maximum atomic E-state index is 9.54. The molecule has 2 atom stereocenters.